The third-order valence-corrected chi connectivity index (χ3v) is 8.47. The molecule has 0 unspecified atom stereocenters. The van der Waals surface area contributed by atoms with Gasteiger partial charge in [0.25, 0.3) is 11.8 Å². The lowest BCUT2D eigenvalue weighted by Crippen LogP contribution is -2.45. The highest BCUT2D eigenvalue weighted by atomic mass is 32.1. The third-order valence-electron chi connectivity index (χ3n) is 7.62. The minimum Gasteiger partial charge on any atom is -0.467 e. The number of oxazole rings is 3. The summed E-state index contributed by atoms with van der Waals surface area (Å²) < 4.78 is 22.4. The number of amides is 2. The van der Waals surface area contributed by atoms with Crippen molar-refractivity contribution < 1.29 is 37.2 Å². The molecule has 0 aliphatic heterocycles. The summed E-state index contributed by atoms with van der Waals surface area (Å²) in [5, 5.41) is 11.8. The molecule has 4 rings (SSSR count). The lowest BCUT2D eigenvalue weighted by Gasteiger charge is -2.21. The molecule has 4 heterocycles. The average molecular weight is 684 g/mol. The number of oxime groups is 1. The fourth-order valence-electron chi connectivity index (χ4n) is 4.67. The molecular formula is C32H41N7O8S. The maximum absolute atomic E-state index is 13.1. The molecule has 0 bridgehead atoms. The van der Waals surface area contributed by atoms with Crippen LogP contribution in [0, 0.1) is 31.6 Å². The predicted molar refractivity (Wildman–Crippen MR) is 176 cm³/mol. The van der Waals surface area contributed by atoms with E-state index < -0.39 is 24.0 Å². The number of hydrogen-bond acceptors (Lipinski definition) is 14. The summed E-state index contributed by atoms with van der Waals surface area (Å²) in [6, 6.07) is -1.38. The first-order chi connectivity index (χ1) is 22.8. The van der Waals surface area contributed by atoms with Gasteiger partial charge in [0, 0.05) is 11.3 Å². The van der Waals surface area contributed by atoms with Crippen LogP contribution in [0.4, 0.5) is 0 Å². The molecule has 16 heteroatoms. The second-order valence-corrected chi connectivity index (χ2v) is 12.7. The van der Waals surface area contributed by atoms with E-state index in [1.54, 1.807) is 19.2 Å². The van der Waals surface area contributed by atoms with Crippen LogP contribution >= 0.6 is 11.3 Å². The maximum atomic E-state index is 13.1. The lowest BCUT2D eigenvalue weighted by molar-refractivity contribution is -0.144. The Morgan fingerprint density at radius 1 is 0.938 bits per heavy atom. The number of hydrogen-bond donors (Lipinski definition) is 2. The van der Waals surface area contributed by atoms with Gasteiger partial charge in [-0.2, -0.15) is 0 Å². The van der Waals surface area contributed by atoms with Crippen LogP contribution in [0.1, 0.15) is 81.9 Å². The van der Waals surface area contributed by atoms with Crippen molar-refractivity contribution in [2.24, 2.45) is 22.9 Å². The quantitative estimate of drug-likeness (QED) is 0.0961. The van der Waals surface area contributed by atoms with Crippen LogP contribution < -0.4 is 10.6 Å². The van der Waals surface area contributed by atoms with Gasteiger partial charge in [-0.1, -0.05) is 53.1 Å². The zero-order chi connectivity index (χ0) is 35.3. The summed E-state index contributed by atoms with van der Waals surface area (Å²) in [5.41, 5.74) is 1.50. The standard InChI is InChI=1S/C32H41N7O8S/c1-11-16(6)23(32(42)43-9)36-27(41)24-17(7)46-29(37-24)20-13-48-31(34-20)25-18(8)47-28(38-25)19-12-45-30(33-19)22(15(4)5)35-26(40)21(14(2)3)39-44-10/h12-16,22-23H,11H2,1-10H3,(H,35,40)(H,36,41)/b39-21+/t16-,22-,23-/m0/s1. The first-order valence-electron chi connectivity index (χ1n) is 15.5. The van der Waals surface area contributed by atoms with Crippen molar-refractivity contribution >= 4 is 34.8 Å². The van der Waals surface area contributed by atoms with Crippen molar-refractivity contribution in [3.8, 4) is 33.9 Å². The molecule has 2 N–H and O–H groups in total. The van der Waals surface area contributed by atoms with Gasteiger partial charge in [-0.25, -0.2) is 24.7 Å². The van der Waals surface area contributed by atoms with E-state index in [4.69, 9.17) is 22.8 Å². The van der Waals surface area contributed by atoms with E-state index in [-0.39, 0.29) is 58.5 Å². The van der Waals surface area contributed by atoms with E-state index in [1.165, 1.54) is 31.8 Å². The van der Waals surface area contributed by atoms with E-state index in [2.05, 4.69) is 35.7 Å². The minimum absolute atomic E-state index is 0.0424. The van der Waals surface area contributed by atoms with Crippen LogP contribution in [0.25, 0.3) is 33.9 Å². The van der Waals surface area contributed by atoms with Crippen LogP contribution in [-0.4, -0.2) is 63.7 Å². The highest BCUT2D eigenvalue weighted by molar-refractivity contribution is 7.13. The molecule has 15 nitrogen and oxygen atoms in total. The SMILES string of the molecule is CC[C@H](C)[C@H](NC(=O)c1nc(-c2csc(-c3nc(-c4coc([C@@H](NC(=O)/C(=N/OC)C(C)C)C(C)C)n4)oc3C)n2)oc1C)C(=O)OC. The molecule has 0 fully saturated rings. The fourth-order valence-corrected chi connectivity index (χ4v) is 5.50. The van der Waals surface area contributed by atoms with Gasteiger partial charge in [0.1, 0.15) is 59.1 Å². The molecule has 3 atom stereocenters. The number of ether oxygens (including phenoxy) is 1. The zero-order valence-electron chi connectivity index (χ0n) is 28.7. The molecule has 0 aromatic carbocycles. The van der Waals surface area contributed by atoms with Gasteiger partial charge >= 0.3 is 5.97 Å². The molecule has 4 aromatic heterocycles. The Bertz CT molecular complexity index is 1780. The molecule has 0 aliphatic carbocycles. The molecular weight excluding hydrogens is 642 g/mol. The normalized spacial score (nSPS) is 13.8. The molecule has 0 saturated heterocycles. The highest BCUT2D eigenvalue weighted by Crippen LogP contribution is 2.34. The highest BCUT2D eigenvalue weighted by Gasteiger charge is 2.31. The monoisotopic (exact) mass is 683 g/mol. The lowest BCUT2D eigenvalue weighted by atomic mass is 9.99. The number of methoxy groups -OCH3 is 1. The topological polar surface area (TPSA) is 197 Å². The van der Waals surface area contributed by atoms with E-state index in [0.717, 1.165) is 0 Å². The predicted octanol–water partition coefficient (Wildman–Crippen LogP) is 5.51. The molecule has 2 amide bonds. The smallest absolute Gasteiger partial charge is 0.328 e. The Morgan fingerprint density at radius 2 is 1.62 bits per heavy atom. The van der Waals surface area contributed by atoms with E-state index >= 15 is 0 Å². The average Bonchev–Trinajstić information content (AvgIpc) is 3.86. The number of nitrogens with zero attached hydrogens (tertiary/aromatic N) is 5. The summed E-state index contributed by atoms with van der Waals surface area (Å²) in [6.07, 6.45) is 2.08. The van der Waals surface area contributed by atoms with Gasteiger partial charge in [-0.3, -0.25) is 9.59 Å². The Kier molecular flexibility index (Phi) is 11.5. The van der Waals surface area contributed by atoms with E-state index in [9.17, 15) is 14.4 Å². The van der Waals surface area contributed by atoms with Crippen LogP contribution in [0.5, 0.6) is 0 Å². The summed E-state index contributed by atoms with van der Waals surface area (Å²) in [7, 11) is 2.67. The zero-order valence-corrected chi connectivity index (χ0v) is 29.5. The summed E-state index contributed by atoms with van der Waals surface area (Å²) in [5.74, 6) is -0.457. The van der Waals surface area contributed by atoms with Crippen LogP contribution in [0.3, 0.4) is 0 Å². The molecule has 48 heavy (non-hydrogen) atoms. The molecule has 258 valence electrons. The fraction of sp³-hybridized carbons (Fsp3) is 0.500. The minimum atomic E-state index is -0.828. The Hall–Kier alpha value is -4.86. The number of aryl methyl sites for hydroxylation is 2. The van der Waals surface area contributed by atoms with Gasteiger partial charge in [0.05, 0.1) is 7.11 Å². The number of aromatic nitrogens is 4. The summed E-state index contributed by atoms with van der Waals surface area (Å²) in [4.78, 5) is 61.3. The molecule has 0 spiro atoms. The number of esters is 1. The van der Waals surface area contributed by atoms with Crippen LogP contribution in [0.15, 0.2) is 30.1 Å². The van der Waals surface area contributed by atoms with Crippen molar-refractivity contribution in [2.45, 2.75) is 73.9 Å². The Balaban J connectivity index is 1.54. The van der Waals surface area contributed by atoms with Crippen molar-refractivity contribution in [1.82, 2.24) is 30.6 Å². The Morgan fingerprint density at radius 3 is 2.25 bits per heavy atom. The van der Waals surface area contributed by atoms with Gasteiger partial charge < -0.3 is 33.5 Å². The van der Waals surface area contributed by atoms with Crippen molar-refractivity contribution in [3.63, 3.8) is 0 Å². The van der Waals surface area contributed by atoms with E-state index in [1.807, 2.05) is 41.5 Å². The number of carbonyl (C=O) groups excluding carboxylic acids is 3. The van der Waals surface area contributed by atoms with Crippen molar-refractivity contribution in [2.75, 3.05) is 14.2 Å². The van der Waals surface area contributed by atoms with Crippen molar-refractivity contribution in [1.29, 1.82) is 0 Å². The molecule has 0 saturated carbocycles. The summed E-state index contributed by atoms with van der Waals surface area (Å²) >= 11 is 1.29. The van der Waals surface area contributed by atoms with Crippen LogP contribution in [0.2, 0.25) is 0 Å². The van der Waals surface area contributed by atoms with Crippen LogP contribution in [-0.2, 0) is 19.2 Å². The molecule has 0 radical (unpaired) electrons. The summed E-state index contributed by atoms with van der Waals surface area (Å²) in [6.45, 7) is 14.7. The number of carbonyl (C=O) groups is 3. The third kappa shape index (κ3) is 7.81. The second-order valence-electron chi connectivity index (χ2n) is 11.8. The van der Waals surface area contributed by atoms with Gasteiger partial charge in [0.15, 0.2) is 11.4 Å². The van der Waals surface area contributed by atoms with E-state index in [0.29, 0.717) is 34.3 Å². The number of rotatable bonds is 14. The largest absolute Gasteiger partial charge is 0.467 e. The van der Waals surface area contributed by atoms with Gasteiger partial charge in [-0.05, 0) is 25.7 Å². The van der Waals surface area contributed by atoms with Gasteiger partial charge in [0.2, 0.25) is 17.7 Å². The van der Waals surface area contributed by atoms with Gasteiger partial charge in [-0.15, -0.1) is 11.3 Å². The second kappa shape index (κ2) is 15.4. The first kappa shape index (κ1) is 36.0. The van der Waals surface area contributed by atoms with Crippen molar-refractivity contribution in [3.05, 3.63) is 34.7 Å². The Labute approximate surface area is 281 Å². The number of thiazole rings is 1. The number of nitrogens with one attached hydrogen (secondary N) is 2. The maximum Gasteiger partial charge on any atom is 0.328 e. The first-order valence-corrected chi connectivity index (χ1v) is 16.3. The molecule has 4 aromatic rings. The molecule has 0 aliphatic rings.